The number of ether oxygens (including phenoxy) is 3. The molecule has 0 aliphatic heterocycles. The zero-order chi connectivity index (χ0) is 21.4. The fourth-order valence-corrected chi connectivity index (χ4v) is 2.72. The van der Waals surface area contributed by atoms with Gasteiger partial charge in [0.15, 0.2) is 0 Å². The Bertz CT molecular complexity index is 811. The number of methoxy groups -OCH3 is 2. The topological polar surface area (TPSA) is 85.9 Å². The Labute approximate surface area is 171 Å². The molecule has 7 heteroatoms. The molecule has 2 amide bonds. The Morgan fingerprint density at radius 3 is 2.00 bits per heavy atom. The number of hydrogen-bond donors (Lipinski definition) is 2. The molecule has 156 valence electrons. The van der Waals surface area contributed by atoms with Crippen molar-refractivity contribution in [2.75, 3.05) is 26.1 Å². The third-order valence-electron chi connectivity index (χ3n) is 4.28. The largest absolute Gasteiger partial charge is 0.497 e. The summed E-state index contributed by atoms with van der Waals surface area (Å²) < 4.78 is 15.8. The maximum atomic E-state index is 12.8. The summed E-state index contributed by atoms with van der Waals surface area (Å²) in [7, 11) is 3.02. The van der Waals surface area contributed by atoms with Crippen LogP contribution in [0, 0.1) is 5.92 Å². The van der Waals surface area contributed by atoms with Crippen molar-refractivity contribution in [3.05, 3.63) is 48.0 Å². The predicted octanol–water partition coefficient (Wildman–Crippen LogP) is 3.50. The first-order valence-corrected chi connectivity index (χ1v) is 9.45. The number of anilines is 1. The van der Waals surface area contributed by atoms with Gasteiger partial charge in [0, 0.05) is 17.3 Å². The summed E-state index contributed by atoms with van der Waals surface area (Å²) in [5.41, 5.74) is 0.974. The van der Waals surface area contributed by atoms with Gasteiger partial charge in [-0.3, -0.25) is 9.59 Å². The molecule has 0 unspecified atom stereocenters. The number of carbonyl (C=O) groups is 2. The number of amides is 2. The fourth-order valence-electron chi connectivity index (χ4n) is 2.72. The van der Waals surface area contributed by atoms with Crippen molar-refractivity contribution in [1.82, 2.24) is 5.32 Å². The zero-order valence-corrected chi connectivity index (χ0v) is 17.4. The molecule has 0 bridgehead atoms. The van der Waals surface area contributed by atoms with E-state index in [9.17, 15) is 9.59 Å². The third-order valence-corrected chi connectivity index (χ3v) is 4.28. The normalized spacial score (nSPS) is 11.5. The molecule has 0 aliphatic rings. The highest BCUT2D eigenvalue weighted by Crippen LogP contribution is 2.23. The Morgan fingerprint density at radius 1 is 0.931 bits per heavy atom. The van der Waals surface area contributed by atoms with Crippen molar-refractivity contribution in [2.24, 2.45) is 5.92 Å². The lowest BCUT2D eigenvalue weighted by Gasteiger charge is -2.22. The van der Waals surface area contributed by atoms with Gasteiger partial charge in [-0.15, -0.1) is 0 Å². The third kappa shape index (κ3) is 6.14. The van der Waals surface area contributed by atoms with Gasteiger partial charge in [-0.25, -0.2) is 0 Å². The first-order chi connectivity index (χ1) is 13.9. The molecule has 0 heterocycles. The Hall–Kier alpha value is -3.22. The maximum Gasteiger partial charge on any atom is 0.252 e. The van der Waals surface area contributed by atoms with Crippen LogP contribution in [-0.2, 0) is 4.79 Å². The Morgan fingerprint density at radius 2 is 1.52 bits per heavy atom. The van der Waals surface area contributed by atoms with Crippen molar-refractivity contribution < 1.29 is 23.8 Å². The SMILES string of the molecule is CCOc1ccc(NC(=O)[C@@H](NC(=O)c2cc(OC)cc(OC)c2)C(C)C)cc1. The molecule has 2 N–H and O–H groups in total. The molecule has 2 aromatic carbocycles. The van der Waals surface area contributed by atoms with Crippen LogP contribution in [0.25, 0.3) is 0 Å². The van der Waals surface area contributed by atoms with E-state index in [4.69, 9.17) is 14.2 Å². The van der Waals surface area contributed by atoms with Crippen molar-refractivity contribution in [3.63, 3.8) is 0 Å². The summed E-state index contributed by atoms with van der Waals surface area (Å²) >= 11 is 0. The van der Waals surface area contributed by atoms with Gasteiger partial charge in [-0.2, -0.15) is 0 Å². The standard InChI is InChI=1S/C22H28N2O5/c1-6-29-17-9-7-16(8-10-17)23-22(26)20(14(2)3)24-21(25)15-11-18(27-4)13-19(12-15)28-5/h7-14,20H,6H2,1-5H3,(H,23,26)(H,24,25)/t20-/m0/s1. The molecule has 0 saturated heterocycles. The smallest absolute Gasteiger partial charge is 0.252 e. The first-order valence-electron chi connectivity index (χ1n) is 9.45. The molecule has 0 spiro atoms. The number of carbonyl (C=O) groups excluding carboxylic acids is 2. The van der Waals surface area contributed by atoms with E-state index in [1.165, 1.54) is 14.2 Å². The van der Waals surface area contributed by atoms with Crippen LogP contribution in [0.15, 0.2) is 42.5 Å². The van der Waals surface area contributed by atoms with Gasteiger partial charge in [0.1, 0.15) is 23.3 Å². The van der Waals surface area contributed by atoms with E-state index in [0.717, 1.165) is 5.75 Å². The molecule has 7 nitrogen and oxygen atoms in total. The van der Waals surface area contributed by atoms with Gasteiger partial charge in [0.25, 0.3) is 5.91 Å². The minimum atomic E-state index is -0.716. The minimum Gasteiger partial charge on any atom is -0.497 e. The molecule has 0 fully saturated rings. The van der Waals surface area contributed by atoms with E-state index in [2.05, 4.69) is 10.6 Å². The van der Waals surface area contributed by atoms with Crippen molar-refractivity contribution in [3.8, 4) is 17.2 Å². The monoisotopic (exact) mass is 400 g/mol. The van der Waals surface area contributed by atoms with E-state index in [1.807, 2.05) is 20.8 Å². The average molecular weight is 400 g/mol. The van der Waals surface area contributed by atoms with E-state index in [1.54, 1.807) is 42.5 Å². The van der Waals surface area contributed by atoms with Crippen molar-refractivity contribution in [1.29, 1.82) is 0 Å². The van der Waals surface area contributed by atoms with Crippen LogP contribution < -0.4 is 24.8 Å². The lowest BCUT2D eigenvalue weighted by molar-refractivity contribution is -0.118. The Kier molecular flexibility index (Phi) is 7.88. The summed E-state index contributed by atoms with van der Waals surface area (Å²) in [6, 6.07) is 11.2. The second kappa shape index (κ2) is 10.4. The molecule has 0 aliphatic carbocycles. The van der Waals surface area contributed by atoms with Crippen molar-refractivity contribution in [2.45, 2.75) is 26.8 Å². The minimum absolute atomic E-state index is 0.117. The second-order valence-corrected chi connectivity index (χ2v) is 6.74. The number of hydrogen-bond acceptors (Lipinski definition) is 5. The zero-order valence-electron chi connectivity index (χ0n) is 17.4. The van der Waals surface area contributed by atoms with Crippen LogP contribution in [0.4, 0.5) is 5.69 Å². The average Bonchev–Trinajstić information content (AvgIpc) is 2.72. The molecule has 29 heavy (non-hydrogen) atoms. The highest BCUT2D eigenvalue weighted by molar-refractivity contribution is 6.01. The Balaban J connectivity index is 2.12. The molecule has 2 aromatic rings. The van der Waals surface area contributed by atoms with Crippen LogP contribution >= 0.6 is 0 Å². The first kappa shape index (κ1) is 22.1. The maximum absolute atomic E-state index is 12.8. The fraction of sp³-hybridized carbons (Fsp3) is 0.364. The highest BCUT2D eigenvalue weighted by Gasteiger charge is 2.25. The molecule has 0 saturated carbocycles. The number of nitrogens with one attached hydrogen (secondary N) is 2. The highest BCUT2D eigenvalue weighted by atomic mass is 16.5. The van der Waals surface area contributed by atoms with Crippen molar-refractivity contribution >= 4 is 17.5 Å². The summed E-state index contributed by atoms with van der Waals surface area (Å²) in [5, 5.41) is 5.64. The van der Waals surface area contributed by atoms with Gasteiger partial charge < -0.3 is 24.8 Å². The number of rotatable bonds is 9. The second-order valence-electron chi connectivity index (χ2n) is 6.74. The summed E-state index contributed by atoms with van der Waals surface area (Å²) in [5.74, 6) is 0.916. The van der Waals surface area contributed by atoms with Crippen LogP contribution in [0.2, 0.25) is 0 Å². The van der Waals surface area contributed by atoms with Gasteiger partial charge in [0.05, 0.1) is 20.8 Å². The molecule has 0 aromatic heterocycles. The molecular formula is C22H28N2O5. The number of benzene rings is 2. The van der Waals surface area contributed by atoms with Gasteiger partial charge in [-0.1, -0.05) is 13.8 Å². The van der Waals surface area contributed by atoms with E-state index < -0.39 is 6.04 Å². The lowest BCUT2D eigenvalue weighted by atomic mass is 10.0. The predicted molar refractivity (Wildman–Crippen MR) is 112 cm³/mol. The lowest BCUT2D eigenvalue weighted by Crippen LogP contribution is -2.47. The van der Waals surface area contributed by atoms with Crippen LogP contribution in [-0.4, -0.2) is 38.7 Å². The molecule has 2 rings (SSSR count). The van der Waals surface area contributed by atoms with Crippen LogP contribution in [0.1, 0.15) is 31.1 Å². The van der Waals surface area contributed by atoms with E-state index in [-0.39, 0.29) is 17.7 Å². The quantitative estimate of drug-likeness (QED) is 0.673. The van der Waals surface area contributed by atoms with E-state index >= 15 is 0 Å². The van der Waals surface area contributed by atoms with E-state index in [0.29, 0.717) is 29.4 Å². The summed E-state index contributed by atoms with van der Waals surface area (Å²) in [6.07, 6.45) is 0. The molecule has 1 atom stereocenters. The molecular weight excluding hydrogens is 372 g/mol. The summed E-state index contributed by atoms with van der Waals surface area (Å²) in [4.78, 5) is 25.5. The van der Waals surface area contributed by atoms with Crippen LogP contribution in [0.5, 0.6) is 17.2 Å². The molecule has 0 radical (unpaired) electrons. The summed E-state index contributed by atoms with van der Waals surface area (Å²) in [6.45, 7) is 6.22. The van der Waals surface area contributed by atoms with Gasteiger partial charge in [-0.05, 0) is 49.2 Å². The van der Waals surface area contributed by atoms with Gasteiger partial charge in [0.2, 0.25) is 5.91 Å². The van der Waals surface area contributed by atoms with Crippen LogP contribution in [0.3, 0.4) is 0 Å². The van der Waals surface area contributed by atoms with Gasteiger partial charge >= 0.3 is 0 Å².